The first-order valence-corrected chi connectivity index (χ1v) is 9.94. The van der Waals surface area contributed by atoms with Crippen molar-refractivity contribution in [2.75, 3.05) is 12.0 Å². The van der Waals surface area contributed by atoms with E-state index >= 15 is 0 Å². The highest BCUT2D eigenvalue weighted by atomic mass is 16.1. The van der Waals surface area contributed by atoms with E-state index in [4.69, 9.17) is 4.98 Å². The summed E-state index contributed by atoms with van der Waals surface area (Å²) in [7, 11) is 0. The lowest BCUT2D eigenvalue weighted by atomic mass is 10.1. The third kappa shape index (κ3) is 3.17. The summed E-state index contributed by atoms with van der Waals surface area (Å²) < 4.78 is 1.68. The van der Waals surface area contributed by atoms with Gasteiger partial charge in [-0.3, -0.25) is 4.79 Å². The number of aryl methyl sites for hydroxylation is 2. The smallest absolute Gasteiger partial charge is 0.295 e. The summed E-state index contributed by atoms with van der Waals surface area (Å²) in [5, 5.41) is 1.01. The largest absolute Gasteiger partial charge is 0.360 e. The van der Waals surface area contributed by atoms with E-state index in [2.05, 4.69) is 37.2 Å². The molecule has 28 heavy (non-hydrogen) atoms. The number of aromatic amines is 1. The van der Waals surface area contributed by atoms with Gasteiger partial charge in [0, 0.05) is 29.2 Å². The molecule has 0 aliphatic rings. The fraction of sp³-hybridized carbons (Fsp3) is 0.304. The number of H-pyrrole nitrogens is 1. The minimum absolute atomic E-state index is 0.114. The third-order valence-corrected chi connectivity index (χ3v) is 5.36. The Bertz CT molecular complexity index is 1200. The molecule has 0 fully saturated rings. The van der Waals surface area contributed by atoms with Gasteiger partial charge in [-0.05, 0) is 49.6 Å². The normalized spacial score (nSPS) is 11.4. The van der Waals surface area contributed by atoms with Crippen molar-refractivity contribution in [2.24, 2.45) is 0 Å². The molecule has 4 rings (SSSR count). The predicted molar refractivity (Wildman–Crippen MR) is 117 cm³/mol. The van der Waals surface area contributed by atoms with Gasteiger partial charge in [0.15, 0.2) is 0 Å². The molecule has 5 nitrogen and oxygen atoms in total. The number of hydrogen-bond donors (Lipinski definition) is 2. The molecule has 0 atom stereocenters. The average molecular weight is 374 g/mol. The van der Waals surface area contributed by atoms with E-state index in [1.165, 1.54) is 5.56 Å². The molecule has 0 unspecified atom stereocenters. The van der Waals surface area contributed by atoms with Crippen molar-refractivity contribution >= 4 is 21.9 Å². The highest BCUT2D eigenvalue weighted by Crippen LogP contribution is 2.27. The summed E-state index contributed by atoms with van der Waals surface area (Å²) in [4.78, 5) is 21.4. The van der Waals surface area contributed by atoms with Gasteiger partial charge in [0.25, 0.3) is 5.56 Å². The number of fused-ring (bicyclic) bond motifs is 2. The standard InChI is InChI=1S/C23H26N4O/c1-4-5-8-11-25-27-21-13-16(3)15(2)12-20(21)26-22(23(27)28)18-14-24-19-10-7-6-9-17(18)19/h6-7,9-10,12-14,24-25H,4-5,8,11H2,1-3H3. The Hall–Kier alpha value is -3.08. The molecule has 0 saturated heterocycles. The number of aromatic nitrogens is 3. The number of para-hydroxylation sites is 1. The number of hydrogen-bond acceptors (Lipinski definition) is 3. The van der Waals surface area contributed by atoms with Crippen molar-refractivity contribution in [3.8, 4) is 11.3 Å². The minimum atomic E-state index is -0.114. The topological polar surface area (TPSA) is 62.7 Å². The fourth-order valence-corrected chi connectivity index (χ4v) is 3.60. The lowest BCUT2D eigenvalue weighted by Gasteiger charge is -2.15. The van der Waals surface area contributed by atoms with Crippen molar-refractivity contribution in [3.63, 3.8) is 0 Å². The fourth-order valence-electron chi connectivity index (χ4n) is 3.60. The molecule has 0 aliphatic carbocycles. The van der Waals surface area contributed by atoms with Crippen molar-refractivity contribution in [2.45, 2.75) is 40.0 Å². The van der Waals surface area contributed by atoms with Gasteiger partial charge < -0.3 is 10.4 Å². The molecule has 0 saturated carbocycles. The second-order valence-electron chi connectivity index (χ2n) is 7.39. The van der Waals surface area contributed by atoms with Crippen LogP contribution in [0, 0.1) is 13.8 Å². The van der Waals surface area contributed by atoms with Crippen LogP contribution in [0.25, 0.3) is 33.2 Å². The van der Waals surface area contributed by atoms with E-state index in [-0.39, 0.29) is 5.56 Å². The maximum atomic E-state index is 13.4. The van der Waals surface area contributed by atoms with Gasteiger partial charge in [-0.2, -0.15) is 0 Å². The van der Waals surface area contributed by atoms with Gasteiger partial charge in [0.05, 0.1) is 11.0 Å². The molecule has 5 heteroatoms. The molecule has 0 amide bonds. The molecule has 2 heterocycles. The van der Waals surface area contributed by atoms with Crippen LogP contribution in [0.15, 0.2) is 47.4 Å². The summed E-state index contributed by atoms with van der Waals surface area (Å²) in [6, 6.07) is 12.1. The quantitative estimate of drug-likeness (QED) is 0.472. The number of nitrogens with zero attached hydrogens (tertiary/aromatic N) is 2. The van der Waals surface area contributed by atoms with Crippen LogP contribution in [0.3, 0.4) is 0 Å². The van der Waals surface area contributed by atoms with Crippen molar-refractivity contribution in [1.29, 1.82) is 0 Å². The third-order valence-electron chi connectivity index (χ3n) is 5.36. The number of rotatable bonds is 6. The number of benzene rings is 2. The molecule has 2 aromatic carbocycles. The Labute approximate surface area is 164 Å². The van der Waals surface area contributed by atoms with Gasteiger partial charge >= 0.3 is 0 Å². The summed E-state index contributed by atoms with van der Waals surface area (Å²) in [6.07, 6.45) is 5.19. The molecule has 2 aromatic heterocycles. The van der Waals surface area contributed by atoms with E-state index < -0.39 is 0 Å². The van der Waals surface area contributed by atoms with Crippen LogP contribution in [0.1, 0.15) is 37.3 Å². The van der Waals surface area contributed by atoms with E-state index in [9.17, 15) is 4.79 Å². The summed E-state index contributed by atoms with van der Waals surface area (Å²) in [5.41, 5.74) is 9.51. The molecule has 0 bridgehead atoms. The zero-order valence-electron chi connectivity index (χ0n) is 16.7. The average Bonchev–Trinajstić information content (AvgIpc) is 3.12. The molecule has 0 radical (unpaired) electrons. The van der Waals surface area contributed by atoms with Gasteiger partial charge in [0.2, 0.25) is 0 Å². The van der Waals surface area contributed by atoms with Crippen LogP contribution >= 0.6 is 0 Å². The maximum Gasteiger partial charge on any atom is 0.295 e. The monoisotopic (exact) mass is 374 g/mol. The second-order valence-corrected chi connectivity index (χ2v) is 7.39. The summed E-state index contributed by atoms with van der Waals surface area (Å²) in [6.45, 7) is 7.07. The highest BCUT2D eigenvalue weighted by Gasteiger charge is 2.16. The van der Waals surface area contributed by atoms with Crippen LogP contribution in [-0.2, 0) is 0 Å². The van der Waals surface area contributed by atoms with Gasteiger partial charge in [-0.1, -0.05) is 38.0 Å². The second kappa shape index (κ2) is 7.50. The van der Waals surface area contributed by atoms with E-state index in [0.717, 1.165) is 58.9 Å². The minimum Gasteiger partial charge on any atom is -0.360 e. The maximum absolute atomic E-state index is 13.4. The SMILES string of the molecule is CCCCCNn1c(=O)c(-c2c[nH]c3ccccc23)nc2cc(C)c(C)cc21. The van der Waals surface area contributed by atoms with Crippen LogP contribution in [0.2, 0.25) is 0 Å². The first kappa shape index (κ1) is 18.3. The Balaban J connectivity index is 1.93. The Kier molecular flexibility index (Phi) is 4.90. The van der Waals surface area contributed by atoms with Gasteiger partial charge in [0.1, 0.15) is 5.69 Å². The van der Waals surface area contributed by atoms with Crippen LogP contribution < -0.4 is 11.0 Å². The first-order chi connectivity index (χ1) is 13.6. The molecule has 0 spiro atoms. The summed E-state index contributed by atoms with van der Waals surface area (Å²) >= 11 is 0. The Morgan fingerprint density at radius 1 is 1.11 bits per heavy atom. The molecule has 0 aliphatic heterocycles. The van der Waals surface area contributed by atoms with Crippen molar-refractivity contribution in [1.82, 2.24) is 14.6 Å². The van der Waals surface area contributed by atoms with Crippen molar-refractivity contribution in [3.05, 3.63) is 64.1 Å². The summed E-state index contributed by atoms with van der Waals surface area (Å²) in [5.74, 6) is 0. The Morgan fingerprint density at radius 3 is 2.71 bits per heavy atom. The molecular weight excluding hydrogens is 348 g/mol. The zero-order valence-corrected chi connectivity index (χ0v) is 16.7. The van der Waals surface area contributed by atoms with E-state index in [1.54, 1.807) is 4.68 Å². The lowest BCUT2D eigenvalue weighted by Crippen LogP contribution is -2.32. The lowest BCUT2D eigenvalue weighted by molar-refractivity contribution is 0.701. The molecular formula is C23H26N4O. The van der Waals surface area contributed by atoms with Crippen LogP contribution in [0.5, 0.6) is 0 Å². The van der Waals surface area contributed by atoms with E-state index in [0.29, 0.717) is 5.69 Å². The highest BCUT2D eigenvalue weighted by molar-refractivity contribution is 5.95. The van der Waals surface area contributed by atoms with Crippen molar-refractivity contribution < 1.29 is 0 Å². The van der Waals surface area contributed by atoms with E-state index in [1.807, 2.05) is 36.5 Å². The molecule has 4 aromatic rings. The van der Waals surface area contributed by atoms with Crippen LogP contribution in [0.4, 0.5) is 0 Å². The number of unbranched alkanes of at least 4 members (excludes halogenated alkanes) is 2. The van der Waals surface area contributed by atoms with Gasteiger partial charge in [-0.15, -0.1) is 0 Å². The van der Waals surface area contributed by atoms with Crippen LogP contribution in [-0.4, -0.2) is 21.2 Å². The predicted octanol–water partition coefficient (Wildman–Crippen LogP) is 4.90. The molecule has 144 valence electrons. The molecule has 2 N–H and O–H groups in total. The first-order valence-electron chi connectivity index (χ1n) is 9.94. The van der Waals surface area contributed by atoms with Gasteiger partial charge in [-0.25, -0.2) is 9.66 Å². The number of nitrogens with one attached hydrogen (secondary N) is 2. The zero-order chi connectivity index (χ0) is 19.7. The Morgan fingerprint density at radius 2 is 1.89 bits per heavy atom.